The van der Waals surface area contributed by atoms with Crippen LogP contribution in [0.2, 0.25) is 0 Å². The monoisotopic (exact) mass is 482 g/mol. The second kappa shape index (κ2) is 9.55. The van der Waals surface area contributed by atoms with Crippen LogP contribution in [0.3, 0.4) is 0 Å². The van der Waals surface area contributed by atoms with Crippen molar-refractivity contribution in [2.24, 2.45) is 7.05 Å². The van der Waals surface area contributed by atoms with Crippen LogP contribution in [0.15, 0.2) is 57.3 Å². The second-order valence-electron chi connectivity index (χ2n) is 7.39. The molecule has 1 amide bonds. The lowest BCUT2D eigenvalue weighted by Gasteiger charge is -2.12. The maximum atomic E-state index is 12.9. The number of hydrogen-bond donors (Lipinski definition) is 1. The number of thiophene rings is 1. The highest BCUT2D eigenvalue weighted by atomic mass is 32.1. The summed E-state index contributed by atoms with van der Waals surface area (Å²) in [6.45, 7) is 3.21. The first kappa shape index (κ1) is 22.7. The minimum atomic E-state index is -1.07. The summed E-state index contributed by atoms with van der Waals surface area (Å²) in [5.74, 6) is -1.14. The lowest BCUT2D eigenvalue weighted by atomic mass is 10.3. The average molecular weight is 483 g/mol. The van der Waals surface area contributed by atoms with E-state index in [1.54, 1.807) is 47.5 Å². The van der Waals surface area contributed by atoms with E-state index in [0.717, 1.165) is 10.6 Å². The van der Waals surface area contributed by atoms with E-state index in [4.69, 9.17) is 4.74 Å². The van der Waals surface area contributed by atoms with Gasteiger partial charge in [-0.25, -0.2) is 9.67 Å². The van der Waals surface area contributed by atoms with Gasteiger partial charge in [0.05, 0.1) is 23.5 Å². The number of nitrogens with one attached hydrogen (secondary N) is 1. The van der Waals surface area contributed by atoms with Gasteiger partial charge in [-0.15, -0.1) is 11.3 Å². The van der Waals surface area contributed by atoms with E-state index in [0.29, 0.717) is 17.1 Å². The van der Waals surface area contributed by atoms with Crippen LogP contribution in [-0.4, -0.2) is 32.3 Å². The van der Waals surface area contributed by atoms with E-state index in [-0.39, 0.29) is 17.7 Å². The van der Waals surface area contributed by atoms with Crippen LogP contribution in [-0.2, 0) is 27.8 Å². The quantitative estimate of drug-likeness (QED) is 0.405. The van der Waals surface area contributed by atoms with Gasteiger partial charge in [-0.3, -0.25) is 19.1 Å². The highest BCUT2D eigenvalue weighted by Gasteiger charge is 2.23. The van der Waals surface area contributed by atoms with Crippen molar-refractivity contribution in [3.8, 4) is 16.3 Å². The van der Waals surface area contributed by atoms with E-state index >= 15 is 0 Å². The number of anilines is 1. The first-order valence-corrected chi connectivity index (χ1v) is 12.0. The van der Waals surface area contributed by atoms with Crippen molar-refractivity contribution in [2.75, 3.05) is 5.32 Å². The highest BCUT2D eigenvalue weighted by molar-refractivity contribution is 7.14. The van der Waals surface area contributed by atoms with E-state index < -0.39 is 18.0 Å². The van der Waals surface area contributed by atoms with Gasteiger partial charge in [0.25, 0.3) is 11.5 Å². The molecule has 0 saturated carbocycles. The van der Waals surface area contributed by atoms with Gasteiger partial charge in [0.2, 0.25) is 0 Å². The number of ether oxygens (including phenoxy) is 1. The highest BCUT2D eigenvalue weighted by Crippen LogP contribution is 2.26. The molecule has 3 heterocycles. The summed E-state index contributed by atoms with van der Waals surface area (Å²) in [4.78, 5) is 42.4. The molecule has 0 aliphatic carbocycles. The molecule has 4 rings (SSSR count). The predicted octanol–water partition coefficient (Wildman–Crippen LogP) is 3.78. The third-order valence-corrected chi connectivity index (χ3v) is 6.75. The molecule has 33 heavy (non-hydrogen) atoms. The van der Waals surface area contributed by atoms with Crippen molar-refractivity contribution in [2.45, 2.75) is 26.4 Å². The summed E-state index contributed by atoms with van der Waals surface area (Å²) in [6.07, 6.45) is -1.11. The second-order valence-corrected chi connectivity index (χ2v) is 9.03. The Labute approximate surface area is 198 Å². The third-order valence-electron chi connectivity index (χ3n) is 5.13. The molecule has 0 radical (unpaired) electrons. The van der Waals surface area contributed by atoms with E-state index in [2.05, 4.69) is 10.3 Å². The van der Waals surface area contributed by atoms with Gasteiger partial charge in [0.15, 0.2) is 6.10 Å². The number of aromatic nitrogens is 3. The van der Waals surface area contributed by atoms with Crippen LogP contribution < -0.4 is 10.9 Å². The van der Waals surface area contributed by atoms with E-state index in [9.17, 15) is 14.4 Å². The molecular formula is C23H22N4O4S2. The Bertz CT molecular complexity index is 1340. The number of carbonyl (C=O) groups excluding carboxylic acids is 2. The Morgan fingerprint density at radius 3 is 2.64 bits per heavy atom. The zero-order valence-corrected chi connectivity index (χ0v) is 19.9. The average Bonchev–Trinajstić information content (AvgIpc) is 3.52. The van der Waals surface area contributed by atoms with Gasteiger partial charge in [0.1, 0.15) is 10.7 Å². The van der Waals surface area contributed by atoms with Crippen molar-refractivity contribution in [1.82, 2.24) is 14.3 Å². The van der Waals surface area contributed by atoms with Crippen molar-refractivity contribution in [3.63, 3.8) is 0 Å². The maximum absolute atomic E-state index is 12.9. The number of para-hydroxylation sites is 1. The fourth-order valence-electron chi connectivity index (χ4n) is 3.28. The van der Waals surface area contributed by atoms with Gasteiger partial charge < -0.3 is 10.1 Å². The third kappa shape index (κ3) is 4.81. The molecule has 1 unspecified atom stereocenters. The van der Waals surface area contributed by atoms with Crippen LogP contribution >= 0.6 is 22.7 Å². The first-order valence-electron chi connectivity index (χ1n) is 10.2. The zero-order valence-electron chi connectivity index (χ0n) is 18.3. The fourth-order valence-corrected chi connectivity index (χ4v) is 4.82. The smallest absolute Gasteiger partial charge is 0.312 e. The van der Waals surface area contributed by atoms with Crippen LogP contribution in [0, 0.1) is 6.92 Å². The minimum absolute atomic E-state index is 0.0383. The van der Waals surface area contributed by atoms with Crippen molar-refractivity contribution < 1.29 is 14.3 Å². The summed E-state index contributed by atoms with van der Waals surface area (Å²) in [7, 11) is 1.74. The number of benzene rings is 1. The summed E-state index contributed by atoms with van der Waals surface area (Å²) >= 11 is 3.03. The molecule has 0 bridgehead atoms. The molecule has 3 aromatic heterocycles. The molecule has 1 aromatic carbocycles. The molecule has 0 aliphatic heterocycles. The molecule has 4 aromatic rings. The summed E-state index contributed by atoms with van der Waals surface area (Å²) in [5, 5.41) is 9.21. The van der Waals surface area contributed by atoms with Gasteiger partial charge in [-0.05, 0) is 37.4 Å². The lowest BCUT2D eigenvalue weighted by molar-refractivity contribution is -0.152. The number of rotatable bonds is 7. The largest absolute Gasteiger partial charge is 0.452 e. The van der Waals surface area contributed by atoms with Gasteiger partial charge >= 0.3 is 5.97 Å². The number of esters is 1. The Kier molecular flexibility index (Phi) is 6.57. The number of nitrogens with zero attached hydrogens (tertiary/aromatic N) is 3. The lowest BCUT2D eigenvalue weighted by Crippen LogP contribution is -2.32. The van der Waals surface area contributed by atoms with Gasteiger partial charge in [-0.2, -0.15) is 11.3 Å². The molecule has 1 atom stereocenters. The summed E-state index contributed by atoms with van der Waals surface area (Å²) in [6, 6.07) is 11.1. The SMILES string of the molecule is Cc1c(NC(=O)C(C)OC(=O)Cc2csc(-c3ccsc3)n2)c(=O)n(-c2ccccc2)n1C. The Morgan fingerprint density at radius 1 is 1.18 bits per heavy atom. The Balaban J connectivity index is 1.41. The number of amides is 1. The zero-order chi connectivity index (χ0) is 23.5. The normalized spacial score (nSPS) is 11.8. The van der Waals surface area contributed by atoms with Crippen LogP contribution in [0.25, 0.3) is 16.3 Å². The molecule has 0 saturated heterocycles. The van der Waals surface area contributed by atoms with Gasteiger partial charge in [0, 0.05) is 23.4 Å². The van der Waals surface area contributed by atoms with Gasteiger partial charge in [-0.1, -0.05) is 18.2 Å². The minimum Gasteiger partial charge on any atom is -0.452 e. The molecule has 1 N–H and O–H groups in total. The fraction of sp³-hybridized carbons (Fsp3) is 0.217. The standard InChI is InChI=1S/C23H22N4O4S2/c1-14-20(23(30)27(26(14)3)18-7-5-4-6-8-18)25-21(29)15(2)31-19(28)11-17-13-33-22(24-17)16-9-10-32-12-16/h4-10,12-13,15H,11H2,1-3H3,(H,25,29). The maximum Gasteiger partial charge on any atom is 0.312 e. The topological polar surface area (TPSA) is 95.2 Å². The van der Waals surface area contributed by atoms with E-state index in [1.807, 2.05) is 35.0 Å². The summed E-state index contributed by atoms with van der Waals surface area (Å²) < 4.78 is 8.42. The molecule has 0 fully saturated rings. The molecule has 10 heteroatoms. The van der Waals surface area contributed by atoms with Crippen molar-refractivity contribution in [1.29, 1.82) is 0 Å². The molecule has 0 aliphatic rings. The van der Waals surface area contributed by atoms with E-state index in [1.165, 1.54) is 22.9 Å². The molecule has 8 nitrogen and oxygen atoms in total. The summed E-state index contributed by atoms with van der Waals surface area (Å²) in [5.41, 5.74) is 2.64. The Hall–Kier alpha value is -3.50. The molecule has 170 valence electrons. The Morgan fingerprint density at radius 2 is 1.94 bits per heavy atom. The van der Waals surface area contributed by atoms with Crippen LogP contribution in [0.5, 0.6) is 0 Å². The van der Waals surface area contributed by atoms with Crippen LogP contribution in [0.4, 0.5) is 5.69 Å². The first-order chi connectivity index (χ1) is 15.8. The van der Waals surface area contributed by atoms with Crippen molar-refractivity contribution >= 4 is 40.2 Å². The number of hydrogen-bond acceptors (Lipinski definition) is 7. The van der Waals surface area contributed by atoms with Crippen LogP contribution in [0.1, 0.15) is 18.3 Å². The molecule has 0 spiro atoms. The predicted molar refractivity (Wildman–Crippen MR) is 129 cm³/mol. The number of thiazole rings is 1. The molecular weight excluding hydrogens is 460 g/mol. The van der Waals surface area contributed by atoms with Crippen molar-refractivity contribution in [3.05, 3.63) is 74.3 Å². The number of carbonyl (C=O) groups is 2.